The lowest BCUT2D eigenvalue weighted by molar-refractivity contribution is 0.134. The van der Waals surface area contributed by atoms with Gasteiger partial charge in [-0.25, -0.2) is 12.7 Å². The maximum Gasteiger partial charge on any atom is 0.265 e. The van der Waals surface area contributed by atoms with Crippen molar-refractivity contribution in [3.8, 4) is 0 Å². The van der Waals surface area contributed by atoms with E-state index in [1.54, 1.807) is 18.3 Å². The molecule has 7 heteroatoms. The Bertz CT molecular complexity index is 798. The lowest BCUT2D eigenvalue weighted by atomic mass is 10.1. The molecular weight excluding hydrogens is 290 g/mol. The number of aromatic nitrogens is 2. The summed E-state index contributed by atoms with van der Waals surface area (Å²) in [6.07, 6.45) is 3.36. The molecule has 21 heavy (non-hydrogen) atoms. The first kappa shape index (κ1) is 12.8. The fourth-order valence-corrected chi connectivity index (χ4v) is 4.46. The largest absolute Gasteiger partial charge is 0.372 e. The minimum Gasteiger partial charge on any atom is -0.372 e. The molecule has 0 unspecified atom stereocenters. The summed E-state index contributed by atoms with van der Waals surface area (Å²) in [7, 11) is -3.56. The van der Waals surface area contributed by atoms with Crippen LogP contribution in [0.5, 0.6) is 0 Å². The van der Waals surface area contributed by atoms with Crippen LogP contribution in [0.3, 0.4) is 0 Å². The van der Waals surface area contributed by atoms with Crippen LogP contribution in [-0.4, -0.2) is 25.2 Å². The normalized spacial score (nSPS) is 17.6. The standard InChI is InChI=1S/C14H15N3O3S/c18-21(19,13-4-3-11-8-20-9-12(11)6-13)17-5-1-2-10-7-15-16-14(10)17/h3-4,6-7H,1-2,5,8-9H2,(H,15,16). The molecule has 2 aliphatic heterocycles. The summed E-state index contributed by atoms with van der Waals surface area (Å²) in [4.78, 5) is 0.314. The van der Waals surface area contributed by atoms with E-state index in [2.05, 4.69) is 10.2 Å². The zero-order chi connectivity index (χ0) is 14.4. The van der Waals surface area contributed by atoms with Crippen LogP contribution in [0.4, 0.5) is 5.82 Å². The molecule has 0 atom stereocenters. The van der Waals surface area contributed by atoms with Crippen LogP contribution in [0.1, 0.15) is 23.1 Å². The van der Waals surface area contributed by atoms with E-state index in [-0.39, 0.29) is 0 Å². The fourth-order valence-electron chi connectivity index (χ4n) is 2.90. The van der Waals surface area contributed by atoms with Crippen molar-refractivity contribution in [2.45, 2.75) is 31.0 Å². The number of hydrogen-bond acceptors (Lipinski definition) is 4. The van der Waals surface area contributed by atoms with E-state index >= 15 is 0 Å². The second kappa shape index (κ2) is 4.57. The maximum absolute atomic E-state index is 12.9. The number of aromatic amines is 1. The summed E-state index contributed by atoms with van der Waals surface area (Å²) in [6.45, 7) is 1.52. The van der Waals surface area contributed by atoms with Gasteiger partial charge in [-0.15, -0.1) is 0 Å². The van der Waals surface area contributed by atoms with E-state index in [9.17, 15) is 8.42 Å². The Morgan fingerprint density at radius 2 is 2.05 bits per heavy atom. The molecule has 4 rings (SSSR count). The van der Waals surface area contributed by atoms with Crippen molar-refractivity contribution in [3.05, 3.63) is 41.1 Å². The molecule has 0 aliphatic carbocycles. The number of fused-ring (bicyclic) bond motifs is 2. The van der Waals surface area contributed by atoms with Crippen LogP contribution in [-0.2, 0) is 34.4 Å². The first-order valence-corrected chi connectivity index (χ1v) is 8.35. The molecule has 2 aromatic rings. The van der Waals surface area contributed by atoms with Crippen LogP contribution in [0.2, 0.25) is 0 Å². The molecule has 0 spiro atoms. The van der Waals surface area contributed by atoms with E-state index in [0.717, 1.165) is 29.5 Å². The molecule has 3 heterocycles. The first-order chi connectivity index (χ1) is 10.2. The van der Waals surface area contributed by atoms with E-state index in [4.69, 9.17) is 4.74 Å². The molecular formula is C14H15N3O3S. The van der Waals surface area contributed by atoms with Gasteiger partial charge in [-0.3, -0.25) is 5.10 Å². The van der Waals surface area contributed by atoms with Gasteiger partial charge in [0.25, 0.3) is 10.0 Å². The summed E-state index contributed by atoms with van der Waals surface area (Å²) >= 11 is 0. The van der Waals surface area contributed by atoms with Crippen LogP contribution < -0.4 is 4.31 Å². The Morgan fingerprint density at radius 3 is 2.95 bits per heavy atom. The second-order valence-corrected chi connectivity index (χ2v) is 7.21. The highest BCUT2D eigenvalue weighted by atomic mass is 32.2. The first-order valence-electron chi connectivity index (χ1n) is 6.91. The van der Waals surface area contributed by atoms with Crippen LogP contribution in [0, 0.1) is 0 Å². The lowest BCUT2D eigenvalue weighted by Gasteiger charge is -2.27. The van der Waals surface area contributed by atoms with E-state index in [1.807, 2.05) is 6.07 Å². The van der Waals surface area contributed by atoms with Crippen molar-refractivity contribution in [2.24, 2.45) is 0 Å². The number of H-pyrrole nitrogens is 1. The minimum atomic E-state index is -3.56. The number of hydrogen-bond donors (Lipinski definition) is 1. The van der Waals surface area contributed by atoms with Gasteiger partial charge in [0, 0.05) is 12.1 Å². The molecule has 1 aromatic carbocycles. The summed E-state index contributed by atoms with van der Waals surface area (Å²) in [5, 5.41) is 6.78. The molecule has 6 nitrogen and oxygen atoms in total. The molecule has 0 bridgehead atoms. The van der Waals surface area contributed by atoms with E-state index < -0.39 is 10.0 Å². The second-order valence-electron chi connectivity index (χ2n) is 5.35. The Balaban J connectivity index is 1.78. The van der Waals surface area contributed by atoms with Gasteiger partial charge in [-0.1, -0.05) is 6.07 Å². The van der Waals surface area contributed by atoms with Gasteiger partial charge in [0.05, 0.1) is 24.3 Å². The predicted molar refractivity (Wildman–Crippen MR) is 76.4 cm³/mol. The Labute approximate surface area is 122 Å². The monoisotopic (exact) mass is 305 g/mol. The molecule has 1 aromatic heterocycles. The molecule has 0 amide bonds. The van der Waals surface area contributed by atoms with Gasteiger partial charge < -0.3 is 4.74 Å². The minimum absolute atomic E-state index is 0.314. The molecule has 0 saturated carbocycles. The average Bonchev–Trinajstić information content (AvgIpc) is 3.14. The topological polar surface area (TPSA) is 75.3 Å². The van der Waals surface area contributed by atoms with Gasteiger partial charge in [-0.05, 0) is 36.1 Å². The average molecular weight is 305 g/mol. The number of nitrogens with zero attached hydrogens (tertiary/aromatic N) is 2. The molecule has 110 valence electrons. The zero-order valence-corrected chi connectivity index (χ0v) is 12.2. The quantitative estimate of drug-likeness (QED) is 0.914. The number of aryl methyl sites for hydroxylation is 1. The number of anilines is 1. The summed E-state index contributed by atoms with van der Waals surface area (Å²) in [5.74, 6) is 0.595. The highest BCUT2D eigenvalue weighted by molar-refractivity contribution is 7.92. The predicted octanol–water partition coefficient (Wildman–Crippen LogP) is 1.58. The van der Waals surface area contributed by atoms with Crippen molar-refractivity contribution in [3.63, 3.8) is 0 Å². The van der Waals surface area contributed by atoms with Crippen LogP contribution >= 0.6 is 0 Å². The van der Waals surface area contributed by atoms with E-state index in [0.29, 0.717) is 30.5 Å². The molecule has 0 radical (unpaired) electrons. The van der Waals surface area contributed by atoms with Crippen molar-refractivity contribution in [1.29, 1.82) is 0 Å². The van der Waals surface area contributed by atoms with Gasteiger partial charge in [0.15, 0.2) is 0 Å². The van der Waals surface area contributed by atoms with Crippen LogP contribution in [0.25, 0.3) is 0 Å². The fraction of sp³-hybridized carbons (Fsp3) is 0.357. The Morgan fingerprint density at radius 1 is 1.19 bits per heavy atom. The van der Waals surface area contributed by atoms with Crippen molar-refractivity contribution in [2.75, 3.05) is 10.8 Å². The SMILES string of the molecule is O=S(=O)(c1ccc2c(c1)COC2)N1CCCc2cn[nH]c21. The third-order valence-electron chi connectivity index (χ3n) is 4.03. The summed E-state index contributed by atoms with van der Waals surface area (Å²) in [5.41, 5.74) is 2.97. The van der Waals surface area contributed by atoms with Gasteiger partial charge in [-0.2, -0.15) is 5.10 Å². The van der Waals surface area contributed by atoms with Crippen molar-refractivity contribution < 1.29 is 13.2 Å². The van der Waals surface area contributed by atoms with Crippen LogP contribution in [0.15, 0.2) is 29.3 Å². The van der Waals surface area contributed by atoms with Gasteiger partial charge in [0.1, 0.15) is 5.82 Å². The zero-order valence-electron chi connectivity index (χ0n) is 11.4. The van der Waals surface area contributed by atoms with Gasteiger partial charge in [0.2, 0.25) is 0 Å². The summed E-state index contributed by atoms with van der Waals surface area (Å²) in [6, 6.07) is 5.23. The maximum atomic E-state index is 12.9. The number of rotatable bonds is 2. The number of sulfonamides is 1. The number of benzene rings is 1. The number of ether oxygens (including phenoxy) is 1. The molecule has 2 aliphatic rings. The molecule has 1 N–H and O–H groups in total. The molecule has 0 fully saturated rings. The smallest absolute Gasteiger partial charge is 0.265 e. The Kier molecular flexibility index (Phi) is 2.80. The third-order valence-corrected chi connectivity index (χ3v) is 5.83. The van der Waals surface area contributed by atoms with E-state index in [1.165, 1.54) is 4.31 Å². The third kappa shape index (κ3) is 1.96. The van der Waals surface area contributed by atoms with Crippen molar-refractivity contribution in [1.82, 2.24) is 10.2 Å². The number of nitrogens with one attached hydrogen (secondary N) is 1. The Hall–Kier alpha value is -1.86. The summed E-state index contributed by atoms with van der Waals surface area (Å²) < 4.78 is 32.5. The van der Waals surface area contributed by atoms with Gasteiger partial charge >= 0.3 is 0 Å². The lowest BCUT2D eigenvalue weighted by Crippen LogP contribution is -2.35. The highest BCUT2D eigenvalue weighted by Crippen LogP contribution is 2.31. The van der Waals surface area contributed by atoms with Crippen molar-refractivity contribution >= 4 is 15.8 Å². The highest BCUT2D eigenvalue weighted by Gasteiger charge is 2.31. The molecule has 0 saturated heterocycles.